The molecule has 1 atom stereocenters. The van der Waals surface area contributed by atoms with Gasteiger partial charge in [-0.3, -0.25) is 4.90 Å². The Balaban J connectivity index is 2.00. The van der Waals surface area contributed by atoms with Crippen molar-refractivity contribution >= 4 is 0 Å². The summed E-state index contributed by atoms with van der Waals surface area (Å²) in [6, 6.07) is 0. The van der Waals surface area contributed by atoms with Gasteiger partial charge >= 0.3 is 0 Å². The zero-order chi connectivity index (χ0) is 10.0. The van der Waals surface area contributed by atoms with Crippen molar-refractivity contribution in [3.05, 3.63) is 0 Å². The van der Waals surface area contributed by atoms with Crippen molar-refractivity contribution in [3.8, 4) is 0 Å². The highest BCUT2D eigenvalue weighted by Gasteiger charge is 2.35. The molecule has 0 spiro atoms. The predicted octanol–water partition coefficient (Wildman–Crippen LogP) is 1.86. The van der Waals surface area contributed by atoms with E-state index in [0.717, 1.165) is 5.92 Å². The van der Waals surface area contributed by atoms with E-state index in [9.17, 15) is 0 Å². The minimum atomic E-state index is 0.528. The van der Waals surface area contributed by atoms with Crippen molar-refractivity contribution in [1.82, 2.24) is 10.2 Å². The van der Waals surface area contributed by atoms with Gasteiger partial charge in [0, 0.05) is 25.2 Å². The van der Waals surface area contributed by atoms with Gasteiger partial charge in [-0.1, -0.05) is 19.8 Å². The number of nitrogens with zero attached hydrogens (tertiary/aromatic N) is 1. The molecule has 1 aliphatic carbocycles. The summed E-state index contributed by atoms with van der Waals surface area (Å²) < 4.78 is 0. The van der Waals surface area contributed by atoms with Crippen molar-refractivity contribution in [3.63, 3.8) is 0 Å². The van der Waals surface area contributed by atoms with Crippen LogP contribution in [0.25, 0.3) is 0 Å². The highest BCUT2D eigenvalue weighted by Crippen LogP contribution is 2.35. The molecule has 2 nitrogen and oxygen atoms in total. The normalized spacial score (nSPS) is 34.3. The van der Waals surface area contributed by atoms with Crippen LogP contribution < -0.4 is 5.32 Å². The predicted molar refractivity (Wildman–Crippen MR) is 60.5 cm³/mol. The topological polar surface area (TPSA) is 15.3 Å². The van der Waals surface area contributed by atoms with E-state index < -0.39 is 0 Å². The molecule has 0 amide bonds. The Morgan fingerprint density at radius 3 is 2.71 bits per heavy atom. The molecule has 2 heteroatoms. The summed E-state index contributed by atoms with van der Waals surface area (Å²) >= 11 is 0. The molecular formula is C12H24N2. The first kappa shape index (κ1) is 10.4. The molecule has 1 aliphatic heterocycles. The van der Waals surface area contributed by atoms with E-state index in [4.69, 9.17) is 0 Å². The molecule has 2 rings (SSSR count). The third-order valence-electron chi connectivity index (χ3n) is 4.03. The van der Waals surface area contributed by atoms with Gasteiger partial charge in [0.05, 0.1) is 0 Å². The Hall–Kier alpha value is -0.0800. The molecule has 0 aromatic heterocycles. The van der Waals surface area contributed by atoms with Crippen LogP contribution in [0.2, 0.25) is 0 Å². The fourth-order valence-corrected chi connectivity index (χ4v) is 3.04. The second kappa shape index (κ2) is 4.19. The SMILES string of the molecule is CC1CNCCN(C2(C)CCCC2)C1. The Morgan fingerprint density at radius 1 is 1.29 bits per heavy atom. The van der Waals surface area contributed by atoms with Crippen molar-refractivity contribution in [2.75, 3.05) is 26.2 Å². The van der Waals surface area contributed by atoms with Crippen LogP contribution in [-0.2, 0) is 0 Å². The quantitative estimate of drug-likeness (QED) is 0.688. The molecule has 2 fully saturated rings. The minimum absolute atomic E-state index is 0.528. The molecular weight excluding hydrogens is 172 g/mol. The van der Waals surface area contributed by atoms with E-state index in [1.165, 1.54) is 51.9 Å². The van der Waals surface area contributed by atoms with Crippen molar-refractivity contribution in [2.24, 2.45) is 5.92 Å². The van der Waals surface area contributed by atoms with Gasteiger partial charge < -0.3 is 5.32 Å². The smallest absolute Gasteiger partial charge is 0.0182 e. The van der Waals surface area contributed by atoms with Gasteiger partial charge in [0.1, 0.15) is 0 Å². The summed E-state index contributed by atoms with van der Waals surface area (Å²) in [5, 5.41) is 3.53. The summed E-state index contributed by atoms with van der Waals surface area (Å²) in [4.78, 5) is 2.74. The van der Waals surface area contributed by atoms with Gasteiger partial charge in [-0.25, -0.2) is 0 Å². The number of rotatable bonds is 1. The third-order valence-corrected chi connectivity index (χ3v) is 4.03. The zero-order valence-corrected chi connectivity index (χ0v) is 9.68. The first-order chi connectivity index (χ1) is 6.71. The lowest BCUT2D eigenvalue weighted by Crippen LogP contribution is -2.46. The molecule has 0 aromatic carbocycles. The molecule has 1 heterocycles. The summed E-state index contributed by atoms with van der Waals surface area (Å²) in [6.45, 7) is 9.76. The second-order valence-electron chi connectivity index (χ2n) is 5.46. The van der Waals surface area contributed by atoms with Crippen molar-refractivity contribution in [1.29, 1.82) is 0 Å². The molecule has 1 unspecified atom stereocenters. The molecule has 2 aliphatic rings. The van der Waals surface area contributed by atoms with E-state index in [2.05, 4.69) is 24.1 Å². The third kappa shape index (κ3) is 2.12. The summed E-state index contributed by atoms with van der Waals surface area (Å²) in [5.74, 6) is 0.815. The number of hydrogen-bond donors (Lipinski definition) is 1. The molecule has 0 radical (unpaired) electrons. The first-order valence-corrected chi connectivity index (χ1v) is 6.16. The standard InChI is InChI=1S/C12H24N2/c1-11-9-13-7-8-14(10-11)12(2)5-3-4-6-12/h11,13H,3-10H2,1-2H3. The Bertz CT molecular complexity index is 185. The van der Waals surface area contributed by atoms with Crippen LogP contribution in [0.1, 0.15) is 39.5 Å². The van der Waals surface area contributed by atoms with E-state index in [-0.39, 0.29) is 0 Å². The molecule has 0 bridgehead atoms. The molecule has 1 saturated heterocycles. The molecule has 1 N–H and O–H groups in total. The Morgan fingerprint density at radius 2 is 2.00 bits per heavy atom. The zero-order valence-electron chi connectivity index (χ0n) is 9.68. The van der Waals surface area contributed by atoms with Gasteiger partial charge in [-0.05, 0) is 32.2 Å². The van der Waals surface area contributed by atoms with Gasteiger partial charge in [0.2, 0.25) is 0 Å². The van der Waals surface area contributed by atoms with Crippen LogP contribution in [0.3, 0.4) is 0 Å². The summed E-state index contributed by atoms with van der Waals surface area (Å²) in [5.41, 5.74) is 0.528. The molecule has 14 heavy (non-hydrogen) atoms. The Labute approximate surface area is 88.1 Å². The van der Waals surface area contributed by atoms with E-state index in [1.54, 1.807) is 0 Å². The van der Waals surface area contributed by atoms with Crippen LogP contribution in [0.5, 0.6) is 0 Å². The molecule has 0 aromatic rings. The van der Waals surface area contributed by atoms with Gasteiger partial charge in [0.15, 0.2) is 0 Å². The van der Waals surface area contributed by atoms with Crippen LogP contribution in [-0.4, -0.2) is 36.6 Å². The van der Waals surface area contributed by atoms with Gasteiger partial charge in [-0.15, -0.1) is 0 Å². The van der Waals surface area contributed by atoms with E-state index >= 15 is 0 Å². The summed E-state index contributed by atoms with van der Waals surface area (Å²) in [6.07, 6.45) is 5.71. The van der Waals surface area contributed by atoms with E-state index in [1.807, 2.05) is 0 Å². The second-order valence-corrected chi connectivity index (χ2v) is 5.46. The summed E-state index contributed by atoms with van der Waals surface area (Å²) in [7, 11) is 0. The first-order valence-electron chi connectivity index (χ1n) is 6.16. The Kier molecular flexibility index (Phi) is 3.13. The van der Waals surface area contributed by atoms with Crippen LogP contribution in [0.15, 0.2) is 0 Å². The van der Waals surface area contributed by atoms with Crippen molar-refractivity contribution in [2.45, 2.75) is 45.1 Å². The largest absolute Gasteiger partial charge is 0.315 e. The lowest BCUT2D eigenvalue weighted by molar-refractivity contribution is 0.105. The molecule has 1 saturated carbocycles. The fraction of sp³-hybridized carbons (Fsp3) is 1.00. The van der Waals surface area contributed by atoms with Gasteiger partial charge in [0.25, 0.3) is 0 Å². The maximum atomic E-state index is 3.53. The minimum Gasteiger partial charge on any atom is -0.315 e. The van der Waals surface area contributed by atoms with Crippen LogP contribution in [0, 0.1) is 5.92 Å². The highest BCUT2D eigenvalue weighted by atomic mass is 15.2. The number of hydrogen-bond acceptors (Lipinski definition) is 2. The van der Waals surface area contributed by atoms with Crippen LogP contribution in [0.4, 0.5) is 0 Å². The number of nitrogens with one attached hydrogen (secondary N) is 1. The molecule has 82 valence electrons. The lowest BCUT2D eigenvalue weighted by Gasteiger charge is -2.38. The maximum Gasteiger partial charge on any atom is 0.0182 e. The average molecular weight is 196 g/mol. The monoisotopic (exact) mass is 196 g/mol. The van der Waals surface area contributed by atoms with Gasteiger partial charge in [-0.2, -0.15) is 0 Å². The average Bonchev–Trinajstić information content (AvgIpc) is 2.47. The van der Waals surface area contributed by atoms with E-state index in [0.29, 0.717) is 5.54 Å². The fourth-order valence-electron chi connectivity index (χ4n) is 3.04. The highest BCUT2D eigenvalue weighted by molar-refractivity contribution is 4.92. The van der Waals surface area contributed by atoms with Crippen LogP contribution >= 0.6 is 0 Å². The van der Waals surface area contributed by atoms with Crippen molar-refractivity contribution < 1.29 is 0 Å². The lowest BCUT2D eigenvalue weighted by atomic mass is 9.96. The maximum absolute atomic E-state index is 3.53.